The van der Waals surface area contributed by atoms with Crippen LogP contribution in [-0.2, 0) is 25.6 Å². The van der Waals surface area contributed by atoms with Gasteiger partial charge in [-0.15, -0.1) is 0 Å². The number of rotatable bonds is 5. The van der Waals surface area contributed by atoms with E-state index >= 15 is 0 Å². The molecule has 1 aromatic carbocycles. The molecule has 0 aromatic heterocycles. The average molecular weight is 256 g/mol. The Morgan fingerprint density at radius 1 is 1.18 bits per heavy atom. The van der Waals surface area contributed by atoms with Crippen molar-refractivity contribution in [2.75, 3.05) is 6.26 Å². The summed E-state index contributed by atoms with van der Waals surface area (Å²) in [5, 5.41) is 0. The summed E-state index contributed by atoms with van der Waals surface area (Å²) in [7, 11) is -3.33. The van der Waals surface area contributed by atoms with Crippen LogP contribution in [0.2, 0.25) is 0 Å². The van der Waals surface area contributed by atoms with Gasteiger partial charge in [0.05, 0.1) is 25.1 Å². The predicted molar refractivity (Wildman–Crippen MR) is 64.0 cm³/mol. The van der Waals surface area contributed by atoms with Crippen LogP contribution in [0.1, 0.15) is 18.4 Å². The Labute approximate surface area is 102 Å². The fourth-order valence-corrected chi connectivity index (χ4v) is 2.42. The molecule has 1 aliphatic carbocycles. The van der Waals surface area contributed by atoms with Crippen LogP contribution in [0.3, 0.4) is 0 Å². The maximum absolute atomic E-state index is 10.9. The first-order valence-electron chi connectivity index (χ1n) is 5.57. The minimum absolute atomic E-state index is 0.113. The first kappa shape index (κ1) is 12.5. The third-order valence-corrected chi connectivity index (χ3v) is 3.31. The predicted octanol–water partition coefficient (Wildman–Crippen LogP) is 1.71. The fourth-order valence-electron chi connectivity index (χ4n) is 1.77. The summed E-state index contributed by atoms with van der Waals surface area (Å²) < 4.78 is 32.2. The smallest absolute Gasteiger partial charge is 0.264 e. The molecule has 0 unspecified atom stereocenters. The van der Waals surface area contributed by atoms with Gasteiger partial charge in [0.15, 0.2) is 0 Å². The van der Waals surface area contributed by atoms with Crippen molar-refractivity contribution in [3.05, 3.63) is 35.9 Å². The van der Waals surface area contributed by atoms with E-state index in [1.165, 1.54) is 0 Å². The van der Waals surface area contributed by atoms with Crippen molar-refractivity contribution < 1.29 is 17.3 Å². The minimum atomic E-state index is -3.33. The van der Waals surface area contributed by atoms with Gasteiger partial charge in [-0.3, -0.25) is 4.18 Å². The summed E-state index contributed by atoms with van der Waals surface area (Å²) in [4.78, 5) is 0. The normalized spacial score (nSPS) is 24.3. The van der Waals surface area contributed by atoms with Crippen LogP contribution in [-0.4, -0.2) is 26.9 Å². The second-order valence-electron chi connectivity index (χ2n) is 4.31. The first-order valence-corrected chi connectivity index (χ1v) is 7.38. The Hall–Kier alpha value is -0.910. The number of hydrogen-bond donors (Lipinski definition) is 0. The van der Waals surface area contributed by atoms with E-state index in [2.05, 4.69) is 0 Å². The van der Waals surface area contributed by atoms with Crippen LogP contribution in [0.25, 0.3) is 0 Å². The van der Waals surface area contributed by atoms with Crippen LogP contribution >= 0.6 is 0 Å². The van der Waals surface area contributed by atoms with Gasteiger partial charge in [0.2, 0.25) is 0 Å². The highest BCUT2D eigenvalue weighted by Crippen LogP contribution is 2.28. The lowest BCUT2D eigenvalue weighted by molar-refractivity contribution is -0.0661. The van der Waals surface area contributed by atoms with Gasteiger partial charge in [-0.2, -0.15) is 8.42 Å². The van der Waals surface area contributed by atoms with E-state index in [4.69, 9.17) is 8.92 Å². The lowest BCUT2D eigenvalue weighted by Gasteiger charge is -2.33. The molecule has 0 N–H and O–H groups in total. The van der Waals surface area contributed by atoms with Crippen molar-refractivity contribution in [2.24, 2.45) is 0 Å². The monoisotopic (exact) mass is 256 g/mol. The minimum Gasteiger partial charge on any atom is -0.373 e. The molecule has 1 aromatic rings. The summed E-state index contributed by atoms with van der Waals surface area (Å²) in [5.41, 5.74) is 1.12. The van der Waals surface area contributed by atoms with E-state index < -0.39 is 10.1 Å². The van der Waals surface area contributed by atoms with Gasteiger partial charge in [0.25, 0.3) is 10.1 Å². The lowest BCUT2D eigenvalue weighted by Crippen LogP contribution is -2.38. The lowest BCUT2D eigenvalue weighted by atomic mass is 9.92. The molecule has 2 rings (SSSR count). The summed E-state index contributed by atoms with van der Waals surface area (Å²) in [6.45, 7) is 0.567. The van der Waals surface area contributed by atoms with Crippen LogP contribution in [0.4, 0.5) is 0 Å². The van der Waals surface area contributed by atoms with Crippen molar-refractivity contribution in [3.63, 3.8) is 0 Å². The molecular formula is C12H16O4S. The fraction of sp³-hybridized carbons (Fsp3) is 0.500. The quantitative estimate of drug-likeness (QED) is 0.753. The van der Waals surface area contributed by atoms with E-state index in [0.29, 0.717) is 19.4 Å². The summed E-state index contributed by atoms with van der Waals surface area (Å²) in [6.07, 6.45) is 2.29. The molecule has 0 radical (unpaired) electrons. The van der Waals surface area contributed by atoms with Gasteiger partial charge in [-0.05, 0) is 5.56 Å². The van der Waals surface area contributed by atoms with E-state index in [-0.39, 0.29) is 12.2 Å². The summed E-state index contributed by atoms with van der Waals surface area (Å²) in [5.74, 6) is 0. The summed E-state index contributed by atoms with van der Waals surface area (Å²) >= 11 is 0. The van der Waals surface area contributed by atoms with Gasteiger partial charge in [0.1, 0.15) is 0 Å². The maximum Gasteiger partial charge on any atom is 0.264 e. The average Bonchev–Trinajstić information content (AvgIpc) is 2.21. The zero-order chi connectivity index (χ0) is 12.3. The number of benzene rings is 1. The largest absolute Gasteiger partial charge is 0.373 e. The van der Waals surface area contributed by atoms with Crippen LogP contribution in [0, 0.1) is 0 Å². The molecule has 4 nitrogen and oxygen atoms in total. The standard InChI is InChI=1S/C12H16O4S/c1-17(13,14)16-12-7-11(8-12)15-9-10-5-3-2-4-6-10/h2-6,11-12H,7-9H2,1H3/t11-,12+. The van der Waals surface area contributed by atoms with E-state index in [1.807, 2.05) is 30.3 Å². The second-order valence-corrected chi connectivity index (χ2v) is 5.91. The highest BCUT2D eigenvalue weighted by atomic mass is 32.2. The molecule has 0 bridgehead atoms. The number of hydrogen-bond acceptors (Lipinski definition) is 4. The zero-order valence-corrected chi connectivity index (χ0v) is 10.5. The molecule has 0 aliphatic heterocycles. The molecule has 0 amide bonds. The Morgan fingerprint density at radius 3 is 2.41 bits per heavy atom. The Balaban J connectivity index is 1.68. The van der Waals surface area contributed by atoms with Crippen LogP contribution in [0.15, 0.2) is 30.3 Å². The second kappa shape index (κ2) is 5.16. The van der Waals surface area contributed by atoms with Crippen LogP contribution < -0.4 is 0 Å². The molecule has 1 fully saturated rings. The first-order chi connectivity index (χ1) is 8.03. The van der Waals surface area contributed by atoms with E-state index in [9.17, 15) is 8.42 Å². The molecule has 94 valence electrons. The molecule has 1 saturated carbocycles. The zero-order valence-electron chi connectivity index (χ0n) is 9.70. The molecule has 17 heavy (non-hydrogen) atoms. The summed E-state index contributed by atoms with van der Waals surface area (Å²) in [6, 6.07) is 9.90. The van der Waals surface area contributed by atoms with Crippen molar-refractivity contribution in [3.8, 4) is 0 Å². The highest BCUT2D eigenvalue weighted by molar-refractivity contribution is 7.86. The van der Waals surface area contributed by atoms with E-state index in [0.717, 1.165) is 11.8 Å². The maximum atomic E-state index is 10.9. The Bertz CT molecular complexity index is 449. The van der Waals surface area contributed by atoms with Gasteiger partial charge in [-0.1, -0.05) is 30.3 Å². The Kier molecular flexibility index (Phi) is 3.81. The molecular weight excluding hydrogens is 240 g/mol. The highest BCUT2D eigenvalue weighted by Gasteiger charge is 2.33. The van der Waals surface area contributed by atoms with Crippen molar-refractivity contribution >= 4 is 10.1 Å². The van der Waals surface area contributed by atoms with Gasteiger partial charge < -0.3 is 4.74 Å². The third kappa shape index (κ3) is 4.11. The van der Waals surface area contributed by atoms with Crippen LogP contribution in [0.5, 0.6) is 0 Å². The Morgan fingerprint density at radius 2 is 1.82 bits per heavy atom. The topological polar surface area (TPSA) is 52.6 Å². The number of ether oxygens (including phenoxy) is 1. The molecule has 0 spiro atoms. The molecule has 0 heterocycles. The van der Waals surface area contributed by atoms with Crippen molar-refractivity contribution in [1.29, 1.82) is 0 Å². The van der Waals surface area contributed by atoms with Gasteiger partial charge in [-0.25, -0.2) is 0 Å². The third-order valence-electron chi connectivity index (χ3n) is 2.69. The van der Waals surface area contributed by atoms with E-state index in [1.54, 1.807) is 0 Å². The molecule has 0 saturated heterocycles. The van der Waals surface area contributed by atoms with Gasteiger partial charge in [0, 0.05) is 12.8 Å². The van der Waals surface area contributed by atoms with Crippen molar-refractivity contribution in [1.82, 2.24) is 0 Å². The molecule has 0 atom stereocenters. The molecule has 5 heteroatoms. The molecule has 1 aliphatic rings. The van der Waals surface area contributed by atoms with Gasteiger partial charge >= 0.3 is 0 Å². The van der Waals surface area contributed by atoms with Crippen molar-refractivity contribution in [2.45, 2.75) is 31.7 Å². The SMILES string of the molecule is CS(=O)(=O)O[C@H]1C[C@@H](OCc2ccccc2)C1.